The number of halogens is 4. The van der Waals surface area contributed by atoms with Crippen LogP contribution in [0, 0.1) is 0 Å². The van der Waals surface area contributed by atoms with Crippen LogP contribution < -0.4 is 15.2 Å². The zero-order valence-corrected chi connectivity index (χ0v) is 11.6. The predicted molar refractivity (Wildman–Crippen MR) is 68.2 cm³/mol. The highest BCUT2D eigenvalue weighted by Crippen LogP contribution is 2.33. The number of hydrogen-bond acceptors (Lipinski definition) is 4. The van der Waals surface area contributed by atoms with E-state index in [1.807, 2.05) is 0 Å². The topological polar surface area (TPSA) is 53.7 Å². The maximum Gasteiger partial charge on any atom is 0.330 e. The van der Waals surface area contributed by atoms with Gasteiger partial charge in [0.15, 0.2) is 0 Å². The molecule has 0 aliphatic rings. The zero-order chi connectivity index (χ0) is 16.0. The lowest BCUT2D eigenvalue weighted by atomic mass is 10.1. The standard InChI is InChI=1S/C13H17F4NO3/c1-19-9-4-3-5-10(20-2)11(9)8(18)6-21-7-13(16,17)12(14)15/h3-5,8,12H,6-7,18H2,1-2H3. The minimum absolute atomic E-state index is 0.376. The molecule has 2 N–H and O–H groups in total. The summed E-state index contributed by atoms with van der Waals surface area (Å²) < 4.78 is 64.3. The van der Waals surface area contributed by atoms with Gasteiger partial charge in [0.2, 0.25) is 0 Å². The molecule has 1 aromatic rings. The summed E-state index contributed by atoms with van der Waals surface area (Å²) >= 11 is 0. The van der Waals surface area contributed by atoms with Gasteiger partial charge in [-0.15, -0.1) is 0 Å². The average Bonchev–Trinajstić information content (AvgIpc) is 2.45. The van der Waals surface area contributed by atoms with Crippen molar-refractivity contribution in [1.82, 2.24) is 0 Å². The van der Waals surface area contributed by atoms with E-state index in [1.54, 1.807) is 18.2 Å². The molecule has 1 atom stereocenters. The highest BCUT2D eigenvalue weighted by atomic mass is 19.3. The largest absolute Gasteiger partial charge is 0.496 e. The molecule has 1 rings (SSSR count). The minimum Gasteiger partial charge on any atom is -0.496 e. The fourth-order valence-electron chi connectivity index (χ4n) is 1.71. The summed E-state index contributed by atoms with van der Waals surface area (Å²) in [6, 6.07) is 4.04. The van der Waals surface area contributed by atoms with Crippen LogP contribution in [0.25, 0.3) is 0 Å². The third-order valence-corrected chi connectivity index (χ3v) is 2.75. The molecule has 4 nitrogen and oxygen atoms in total. The fraction of sp³-hybridized carbons (Fsp3) is 0.538. The summed E-state index contributed by atoms with van der Waals surface area (Å²) in [5.41, 5.74) is 6.26. The van der Waals surface area contributed by atoms with Crippen molar-refractivity contribution in [2.75, 3.05) is 27.4 Å². The van der Waals surface area contributed by atoms with Crippen LogP contribution in [-0.2, 0) is 4.74 Å². The first-order valence-corrected chi connectivity index (χ1v) is 6.03. The molecule has 0 aromatic heterocycles. The van der Waals surface area contributed by atoms with Crippen molar-refractivity contribution >= 4 is 0 Å². The molecule has 0 heterocycles. The molecule has 120 valence electrons. The van der Waals surface area contributed by atoms with Crippen LogP contribution in [0.2, 0.25) is 0 Å². The van der Waals surface area contributed by atoms with Crippen LogP contribution in [0.5, 0.6) is 11.5 Å². The number of alkyl halides is 4. The van der Waals surface area contributed by atoms with E-state index >= 15 is 0 Å². The highest BCUT2D eigenvalue weighted by molar-refractivity contribution is 5.46. The lowest BCUT2D eigenvalue weighted by Crippen LogP contribution is -2.33. The van der Waals surface area contributed by atoms with E-state index in [0.29, 0.717) is 17.1 Å². The monoisotopic (exact) mass is 311 g/mol. The molecular weight excluding hydrogens is 294 g/mol. The van der Waals surface area contributed by atoms with E-state index in [1.165, 1.54) is 14.2 Å². The molecule has 0 amide bonds. The van der Waals surface area contributed by atoms with Crippen molar-refractivity contribution in [3.63, 3.8) is 0 Å². The van der Waals surface area contributed by atoms with Gasteiger partial charge in [-0.2, -0.15) is 8.78 Å². The normalized spacial score (nSPS) is 13.3. The van der Waals surface area contributed by atoms with Gasteiger partial charge in [-0.1, -0.05) is 6.07 Å². The molecule has 0 fully saturated rings. The van der Waals surface area contributed by atoms with E-state index in [2.05, 4.69) is 4.74 Å². The van der Waals surface area contributed by atoms with Crippen LogP contribution >= 0.6 is 0 Å². The Balaban J connectivity index is 2.74. The maximum absolute atomic E-state index is 12.7. The van der Waals surface area contributed by atoms with Gasteiger partial charge in [0.25, 0.3) is 0 Å². The van der Waals surface area contributed by atoms with Gasteiger partial charge in [0.05, 0.1) is 32.4 Å². The molecule has 21 heavy (non-hydrogen) atoms. The number of ether oxygens (including phenoxy) is 3. The summed E-state index contributed by atoms with van der Waals surface area (Å²) in [7, 11) is 2.83. The van der Waals surface area contributed by atoms with E-state index in [0.717, 1.165) is 0 Å². The van der Waals surface area contributed by atoms with Gasteiger partial charge >= 0.3 is 12.3 Å². The molecule has 0 bridgehead atoms. The quantitative estimate of drug-likeness (QED) is 0.750. The molecule has 1 unspecified atom stereocenters. The number of hydrogen-bond donors (Lipinski definition) is 1. The summed E-state index contributed by atoms with van der Waals surface area (Å²) in [4.78, 5) is 0. The second-order valence-corrected chi connectivity index (χ2v) is 4.26. The number of rotatable bonds is 8. The first-order valence-electron chi connectivity index (χ1n) is 6.03. The first-order chi connectivity index (χ1) is 9.83. The Kier molecular flexibility index (Phi) is 6.22. The second-order valence-electron chi connectivity index (χ2n) is 4.26. The molecule has 0 radical (unpaired) electrons. The smallest absolute Gasteiger partial charge is 0.330 e. The SMILES string of the molecule is COc1cccc(OC)c1C(N)COCC(F)(F)C(F)F. The molecule has 0 spiro atoms. The van der Waals surface area contributed by atoms with Crippen molar-refractivity contribution < 1.29 is 31.8 Å². The van der Waals surface area contributed by atoms with Crippen LogP contribution in [0.1, 0.15) is 11.6 Å². The number of benzene rings is 1. The van der Waals surface area contributed by atoms with E-state index in [9.17, 15) is 17.6 Å². The lowest BCUT2D eigenvalue weighted by molar-refractivity contribution is -0.166. The van der Waals surface area contributed by atoms with Gasteiger partial charge in [-0.25, -0.2) is 8.78 Å². The molecule has 0 aliphatic heterocycles. The zero-order valence-electron chi connectivity index (χ0n) is 11.6. The van der Waals surface area contributed by atoms with Crippen LogP contribution in [0.3, 0.4) is 0 Å². The molecule has 0 aliphatic carbocycles. The lowest BCUT2D eigenvalue weighted by Gasteiger charge is -2.20. The van der Waals surface area contributed by atoms with Gasteiger partial charge in [-0.3, -0.25) is 0 Å². The molecule has 8 heteroatoms. The number of nitrogens with two attached hydrogens (primary N) is 1. The molecule has 0 saturated heterocycles. The summed E-state index contributed by atoms with van der Waals surface area (Å²) in [6.07, 6.45) is -3.78. The Morgan fingerprint density at radius 3 is 2.10 bits per heavy atom. The molecule has 0 saturated carbocycles. The predicted octanol–water partition coefficient (Wildman–Crippen LogP) is 2.62. The fourth-order valence-corrected chi connectivity index (χ4v) is 1.71. The molecule has 1 aromatic carbocycles. The van der Waals surface area contributed by atoms with Crippen molar-refractivity contribution in [3.05, 3.63) is 23.8 Å². The Morgan fingerprint density at radius 2 is 1.67 bits per heavy atom. The average molecular weight is 311 g/mol. The van der Waals surface area contributed by atoms with Gasteiger partial charge in [0, 0.05) is 0 Å². The van der Waals surface area contributed by atoms with Crippen molar-refractivity contribution in [2.24, 2.45) is 5.73 Å². The third kappa shape index (κ3) is 4.47. The first kappa shape index (κ1) is 17.5. The second kappa shape index (κ2) is 7.46. The van der Waals surface area contributed by atoms with Crippen LogP contribution in [-0.4, -0.2) is 39.8 Å². The number of methoxy groups -OCH3 is 2. The van der Waals surface area contributed by atoms with Gasteiger partial charge in [0.1, 0.15) is 18.1 Å². The van der Waals surface area contributed by atoms with E-state index < -0.39 is 25.0 Å². The van der Waals surface area contributed by atoms with Crippen molar-refractivity contribution in [3.8, 4) is 11.5 Å². The van der Waals surface area contributed by atoms with Gasteiger partial charge < -0.3 is 19.9 Å². The summed E-state index contributed by atoms with van der Waals surface area (Å²) in [5, 5.41) is 0. The minimum atomic E-state index is -4.20. The molecular formula is C13H17F4NO3. The van der Waals surface area contributed by atoms with E-state index in [4.69, 9.17) is 15.2 Å². The van der Waals surface area contributed by atoms with Crippen LogP contribution in [0.15, 0.2) is 18.2 Å². The van der Waals surface area contributed by atoms with Gasteiger partial charge in [-0.05, 0) is 12.1 Å². The third-order valence-electron chi connectivity index (χ3n) is 2.75. The van der Waals surface area contributed by atoms with Crippen molar-refractivity contribution in [1.29, 1.82) is 0 Å². The Hall–Kier alpha value is -1.54. The Labute approximate surface area is 119 Å². The maximum atomic E-state index is 12.7. The highest BCUT2D eigenvalue weighted by Gasteiger charge is 2.41. The van der Waals surface area contributed by atoms with Crippen LogP contribution in [0.4, 0.5) is 17.6 Å². The Morgan fingerprint density at radius 1 is 1.14 bits per heavy atom. The summed E-state index contributed by atoms with van der Waals surface area (Å²) in [6.45, 7) is -1.78. The van der Waals surface area contributed by atoms with E-state index in [-0.39, 0.29) is 6.61 Å². The van der Waals surface area contributed by atoms with Crippen molar-refractivity contribution in [2.45, 2.75) is 18.4 Å². The Bertz CT molecular complexity index is 435. The summed E-state index contributed by atoms with van der Waals surface area (Å²) in [5.74, 6) is -3.41.